The van der Waals surface area contributed by atoms with E-state index in [9.17, 15) is 37.5 Å². The third kappa shape index (κ3) is 14.3. The zero-order chi connectivity index (χ0) is 77.9. The normalized spacial score (nSPS) is 32.9. The van der Waals surface area contributed by atoms with Gasteiger partial charge in [0.05, 0.1) is 67.1 Å². The minimum absolute atomic E-state index is 0.0133. The van der Waals surface area contributed by atoms with Crippen LogP contribution in [-0.4, -0.2) is 119 Å². The van der Waals surface area contributed by atoms with Crippen molar-refractivity contribution in [1.29, 1.82) is 0 Å². The van der Waals surface area contributed by atoms with Crippen LogP contribution in [0.5, 0.6) is 0 Å². The number of aryl methyl sites for hydroxylation is 1. The molecule has 6 saturated carbocycles. The van der Waals surface area contributed by atoms with Gasteiger partial charge in [0.2, 0.25) is 17.5 Å². The molecule has 18 atom stereocenters. The molecule has 3 aromatic carbocycles. The SMILES string of the molecule is C=C1NC(=O)N(c2nc3ccccc3n(C3C[C@H]4CCC[C@@H](C3)N4C3C[C@H]4CCC[C@@H](C3)C4)c2=O)C=C1Br.C=C1NC(=O)N(c2nc3ccccc3n(C3C[C@H]4CCC[C@@H](C3)N4C3C[C@H]4CCC[C@@H](C3)C4)c2=O)C=C1F.Cc1nc(=O)n(-c2nc3ccccc3n(C3C[C@H]4CCC[C@@H](C3)N4C3C[C@H]4CCC[C@@H](C3)C4)c2=O)cc1F. The number of carbonyl (C=O) groups is 2. The smallest absolute Gasteiger partial charge is 0.307 e. The molecule has 2 N–H and O–H groups in total. The van der Waals surface area contributed by atoms with Gasteiger partial charge in [-0.05, 0) is 230 Å². The number of benzene rings is 3. The van der Waals surface area contributed by atoms with Gasteiger partial charge in [0.1, 0.15) is 0 Å². The predicted octanol–water partition coefficient (Wildman–Crippen LogP) is 16.9. The highest BCUT2D eigenvalue weighted by Gasteiger charge is 2.50. The maximum absolute atomic E-state index is 14.4. The van der Waals surface area contributed by atoms with Crippen molar-refractivity contribution in [2.45, 2.75) is 291 Å². The molecule has 600 valence electrons. The van der Waals surface area contributed by atoms with Crippen LogP contribution in [-0.2, 0) is 0 Å². The van der Waals surface area contributed by atoms with Crippen molar-refractivity contribution in [2.24, 2.45) is 35.5 Å². The van der Waals surface area contributed by atoms with Crippen LogP contribution < -0.4 is 42.8 Å². The molecule has 12 fully saturated rings. The molecule has 0 spiro atoms. The van der Waals surface area contributed by atoms with E-state index in [0.717, 1.165) is 118 Å². The highest BCUT2D eigenvalue weighted by atomic mass is 79.9. The molecule has 6 saturated heterocycles. The number of para-hydroxylation sites is 6. The van der Waals surface area contributed by atoms with E-state index in [1.807, 2.05) is 86.5 Å². The molecule has 6 unspecified atom stereocenters. The minimum Gasteiger partial charge on any atom is -0.307 e. The van der Waals surface area contributed by atoms with Crippen molar-refractivity contribution in [3.63, 3.8) is 0 Å². The Labute approximate surface area is 672 Å². The fourth-order valence-electron chi connectivity index (χ4n) is 25.4. The molecule has 8 aliphatic heterocycles. The molecule has 6 aliphatic carbocycles. The number of nitrogens with one attached hydrogen (secondary N) is 2. The van der Waals surface area contributed by atoms with E-state index in [0.29, 0.717) is 75.6 Å². The summed E-state index contributed by atoms with van der Waals surface area (Å²) in [5, 5.41) is 5.12. The number of halogens is 3. The van der Waals surface area contributed by atoms with E-state index in [1.165, 1.54) is 185 Å². The molecule has 12 heterocycles. The van der Waals surface area contributed by atoms with Crippen LogP contribution in [0.1, 0.15) is 236 Å². The summed E-state index contributed by atoms with van der Waals surface area (Å²) in [7, 11) is 0. The fourth-order valence-corrected chi connectivity index (χ4v) is 25.7. The second-order valence-electron chi connectivity index (χ2n) is 36.6. The molecule has 0 radical (unpaired) electrons. The summed E-state index contributed by atoms with van der Waals surface area (Å²) in [6, 6.07) is 27.1. The van der Waals surface area contributed by atoms with Crippen LogP contribution in [0.25, 0.3) is 38.9 Å². The minimum atomic E-state index is -0.690. The number of carbonyl (C=O) groups excluding carboxylic acids is 2. The Kier molecular flexibility index (Phi) is 20.8. The van der Waals surface area contributed by atoms with Gasteiger partial charge in [0.25, 0.3) is 16.7 Å². The van der Waals surface area contributed by atoms with Gasteiger partial charge in [-0.1, -0.05) is 127 Å². The third-order valence-corrected chi connectivity index (χ3v) is 30.5. The summed E-state index contributed by atoms with van der Waals surface area (Å²) in [4.78, 5) is 109. The van der Waals surface area contributed by atoms with Crippen LogP contribution in [0, 0.1) is 48.2 Å². The average Bonchev–Trinajstić information content (AvgIpc) is 0.749. The van der Waals surface area contributed by atoms with Crippen molar-refractivity contribution in [2.75, 3.05) is 9.80 Å². The van der Waals surface area contributed by atoms with Crippen molar-refractivity contribution in [3.8, 4) is 5.82 Å². The van der Waals surface area contributed by atoms with E-state index in [1.54, 1.807) is 6.20 Å². The Bertz CT molecular complexity index is 5000. The lowest BCUT2D eigenvalue weighted by Gasteiger charge is -2.55. The topological polar surface area (TPSA) is 214 Å². The molecule has 7 aromatic rings. The van der Waals surface area contributed by atoms with Crippen LogP contribution in [0.3, 0.4) is 0 Å². The number of aromatic nitrogens is 8. The molecular weight excluding hydrogens is 1500 g/mol. The summed E-state index contributed by atoms with van der Waals surface area (Å²) in [5.74, 6) is 4.06. The summed E-state index contributed by atoms with van der Waals surface area (Å²) in [5.41, 5.74) is 3.18. The number of nitrogens with zero attached hydrogens (tertiary/aromatic N) is 13. The van der Waals surface area contributed by atoms with Crippen molar-refractivity contribution in [1.82, 2.24) is 63.5 Å². The first-order chi connectivity index (χ1) is 55.4. The highest BCUT2D eigenvalue weighted by Crippen LogP contribution is 2.52. The van der Waals surface area contributed by atoms with Gasteiger partial charge >= 0.3 is 17.8 Å². The molecular formula is C90H108BrF2N15O6. The second kappa shape index (κ2) is 31.3. The summed E-state index contributed by atoms with van der Waals surface area (Å²) >= 11 is 3.45. The summed E-state index contributed by atoms with van der Waals surface area (Å²) in [6.07, 6.45) is 45.3. The van der Waals surface area contributed by atoms with Gasteiger partial charge in [0.15, 0.2) is 11.6 Å². The third-order valence-electron chi connectivity index (χ3n) is 29.8. The van der Waals surface area contributed by atoms with Crippen LogP contribution >= 0.6 is 15.9 Å². The van der Waals surface area contributed by atoms with Crippen molar-refractivity contribution in [3.05, 3.63) is 179 Å². The Hall–Kier alpha value is -8.32. The number of piperidine rings is 6. The summed E-state index contributed by atoms with van der Waals surface area (Å²) < 4.78 is 36.1. The largest absolute Gasteiger partial charge is 0.353 e. The first-order valence-electron chi connectivity index (χ1n) is 43.3. The molecule has 14 aliphatic rings. The number of hydrogen-bond acceptors (Lipinski definition) is 13. The number of urea groups is 2. The Morgan fingerprint density at radius 1 is 0.377 bits per heavy atom. The Morgan fingerprint density at radius 3 is 1.06 bits per heavy atom. The van der Waals surface area contributed by atoms with Crippen molar-refractivity contribution < 1.29 is 18.4 Å². The van der Waals surface area contributed by atoms with Gasteiger partial charge in [-0.15, -0.1) is 0 Å². The van der Waals surface area contributed by atoms with Gasteiger partial charge in [-0.3, -0.25) is 29.1 Å². The Morgan fingerprint density at radius 2 is 0.693 bits per heavy atom. The van der Waals surface area contributed by atoms with Gasteiger partial charge < -0.3 is 24.3 Å². The number of fused-ring (bicyclic) bond motifs is 15. The molecule has 24 heteroatoms. The zero-order valence-corrected chi connectivity index (χ0v) is 67.3. The molecule has 114 heavy (non-hydrogen) atoms. The lowest BCUT2D eigenvalue weighted by atomic mass is 9.68. The van der Waals surface area contributed by atoms with E-state index < -0.39 is 29.4 Å². The maximum Gasteiger partial charge on any atom is 0.353 e. The second-order valence-corrected chi connectivity index (χ2v) is 37.5. The molecule has 21 nitrogen and oxygen atoms in total. The van der Waals surface area contributed by atoms with Crippen molar-refractivity contribution >= 4 is 72.7 Å². The maximum atomic E-state index is 14.4. The van der Waals surface area contributed by atoms with E-state index >= 15 is 0 Å². The molecule has 12 bridgehead atoms. The summed E-state index contributed by atoms with van der Waals surface area (Å²) in [6.45, 7) is 8.82. The lowest BCUT2D eigenvalue weighted by Crippen LogP contribution is -2.58. The number of rotatable bonds is 9. The number of amides is 4. The first kappa shape index (κ1) is 75.7. The van der Waals surface area contributed by atoms with Crippen LogP contribution in [0.4, 0.5) is 30.0 Å². The fraction of sp³-hybridized carbons (Fsp3) is 0.578. The standard InChI is InChI=1S/C30H36BrN5O2.2C30H36FN5O2/c3*1-18-25(31)17-34(30(38)32-18)28-29(37)36(27-11-3-2-10-26(27)33-28)24-15-21-8-5-9-22(16-24)35(21)23-13-19-6-4-7-20(12-19)14-23/h2-3,10-11,17,19-24H,1,4-9,12-16H2,(H,32,38);2-3,10-11,17,19-24H,4-9,12-16H2,1H3;2-3,10-11,17,19-24H,1,4-9,12-16H2,(H,32,38)/t3*19-,20+,21-,22+,23?,24?. The lowest BCUT2D eigenvalue weighted by molar-refractivity contribution is -0.0487. The highest BCUT2D eigenvalue weighted by molar-refractivity contribution is 9.12. The zero-order valence-electron chi connectivity index (χ0n) is 65.7. The molecule has 4 amide bonds. The van der Waals surface area contributed by atoms with E-state index in [-0.39, 0.29) is 63.6 Å². The quantitative estimate of drug-likeness (QED) is 0.138. The molecule has 21 rings (SSSR count). The van der Waals surface area contributed by atoms with Gasteiger partial charge in [0, 0.05) is 78.7 Å². The Balaban J connectivity index is 0.000000115. The van der Waals surface area contributed by atoms with Crippen LogP contribution in [0.15, 0.2) is 145 Å². The van der Waals surface area contributed by atoms with E-state index in [4.69, 9.17) is 0 Å². The first-order valence-corrected chi connectivity index (χ1v) is 44.1. The predicted molar refractivity (Wildman–Crippen MR) is 443 cm³/mol. The van der Waals surface area contributed by atoms with Gasteiger partial charge in [-0.2, -0.15) is 4.98 Å². The van der Waals surface area contributed by atoms with Crippen LogP contribution in [0.2, 0.25) is 0 Å². The average molecular weight is 1610 g/mol. The number of allylic oxidation sites excluding steroid dienone is 2. The van der Waals surface area contributed by atoms with Gasteiger partial charge in [-0.25, -0.2) is 52.5 Å². The number of anilines is 2. The molecule has 4 aromatic heterocycles. The van der Waals surface area contributed by atoms with E-state index in [2.05, 4.69) is 74.4 Å². The monoisotopic (exact) mass is 1610 g/mol. The number of hydrogen-bond donors (Lipinski definition) is 2.